The van der Waals surface area contributed by atoms with Crippen molar-refractivity contribution in [2.45, 2.75) is 25.8 Å². The van der Waals surface area contributed by atoms with Crippen molar-refractivity contribution in [3.8, 4) is 0 Å². The van der Waals surface area contributed by atoms with Gasteiger partial charge in [0.25, 0.3) is 5.91 Å². The highest BCUT2D eigenvalue weighted by Gasteiger charge is 2.23. The topological polar surface area (TPSA) is 96.5 Å². The SMILES string of the molecule is CCOC(=O)c1ccc(NC(=O)Nc2ccc(C(=O)NC3CC3)cc2)cc1. The summed E-state index contributed by atoms with van der Waals surface area (Å²) in [6.07, 6.45) is 2.07. The second-order valence-corrected chi connectivity index (χ2v) is 6.20. The highest BCUT2D eigenvalue weighted by atomic mass is 16.5. The van der Waals surface area contributed by atoms with Crippen molar-refractivity contribution in [3.63, 3.8) is 0 Å². The molecule has 7 nitrogen and oxygen atoms in total. The number of nitrogens with one attached hydrogen (secondary N) is 3. The van der Waals surface area contributed by atoms with Gasteiger partial charge in [0.1, 0.15) is 0 Å². The van der Waals surface area contributed by atoms with E-state index in [4.69, 9.17) is 4.74 Å². The van der Waals surface area contributed by atoms with Crippen LogP contribution in [-0.2, 0) is 4.74 Å². The molecule has 0 atom stereocenters. The van der Waals surface area contributed by atoms with Gasteiger partial charge in [0.15, 0.2) is 0 Å². The Kier molecular flexibility index (Phi) is 5.71. The molecule has 0 unspecified atom stereocenters. The van der Waals surface area contributed by atoms with Crippen molar-refractivity contribution in [2.75, 3.05) is 17.2 Å². The van der Waals surface area contributed by atoms with Crippen LogP contribution in [0.15, 0.2) is 48.5 Å². The molecule has 0 spiro atoms. The predicted molar refractivity (Wildman–Crippen MR) is 102 cm³/mol. The van der Waals surface area contributed by atoms with Crippen molar-refractivity contribution in [3.05, 3.63) is 59.7 Å². The van der Waals surface area contributed by atoms with Crippen LogP contribution in [-0.4, -0.2) is 30.6 Å². The molecule has 2 aromatic rings. The lowest BCUT2D eigenvalue weighted by Gasteiger charge is -2.09. The van der Waals surface area contributed by atoms with E-state index in [0.717, 1.165) is 12.8 Å². The third-order valence-electron chi connectivity index (χ3n) is 3.97. The molecular weight excluding hydrogens is 346 g/mol. The summed E-state index contributed by atoms with van der Waals surface area (Å²) in [6.45, 7) is 2.05. The minimum Gasteiger partial charge on any atom is -0.462 e. The predicted octanol–water partition coefficient (Wildman–Crippen LogP) is 3.40. The molecule has 0 radical (unpaired) electrons. The summed E-state index contributed by atoms with van der Waals surface area (Å²) in [4.78, 5) is 35.6. The maximum atomic E-state index is 12.1. The van der Waals surface area contributed by atoms with Gasteiger partial charge in [0.05, 0.1) is 12.2 Å². The largest absolute Gasteiger partial charge is 0.462 e. The summed E-state index contributed by atoms with van der Waals surface area (Å²) >= 11 is 0. The van der Waals surface area contributed by atoms with Gasteiger partial charge < -0.3 is 20.7 Å². The van der Waals surface area contributed by atoms with E-state index in [1.807, 2.05) is 0 Å². The Bertz CT molecular complexity index is 827. The number of carbonyl (C=O) groups excluding carboxylic acids is 3. The molecule has 3 N–H and O–H groups in total. The number of hydrogen-bond acceptors (Lipinski definition) is 4. The number of esters is 1. The Hall–Kier alpha value is -3.35. The monoisotopic (exact) mass is 367 g/mol. The fourth-order valence-corrected chi connectivity index (χ4v) is 2.40. The van der Waals surface area contributed by atoms with Gasteiger partial charge in [0, 0.05) is 23.0 Å². The van der Waals surface area contributed by atoms with Crippen molar-refractivity contribution in [2.24, 2.45) is 0 Å². The van der Waals surface area contributed by atoms with Gasteiger partial charge in [-0.2, -0.15) is 0 Å². The molecule has 3 rings (SSSR count). The standard InChI is InChI=1S/C20H21N3O4/c1-2-27-19(25)14-5-9-17(10-6-14)23-20(26)22-16-7-3-13(4-8-16)18(24)21-15-11-12-15/h3-10,15H,2,11-12H2,1H3,(H,21,24)(H2,22,23,26). The molecular formula is C20H21N3O4. The minimum absolute atomic E-state index is 0.102. The first-order valence-corrected chi connectivity index (χ1v) is 8.81. The van der Waals surface area contributed by atoms with E-state index in [9.17, 15) is 14.4 Å². The van der Waals surface area contributed by atoms with Crippen LogP contribution in [0.2, 0.25) is 0 Å². The maximum Gasteiger partial charge on any atom is 0.338 e. The molecule has 0 aromatic heterocycles. The number of urea groups is 1. The van der Waals surface area contributed by atoms with Crippen LogP contribution in [0.1, 0.15) is 40.5 Å². The molecule has 0 saturated heterocycles. The molecule has 0 bridgehead atoms. The lowest BCUT2D eigenvalue weighted by atomic mass is 10.2. The van der Waals surface area contributed by atoms with Crippen molar-refractivity contribution in [1.82, 2.24) is 5.32 Å². The van der Waals surface area contributed by atoms with Gasteiger partial charge in [0.2, 0.25) is 0 Å². The molecule has 1 saturated carbocycles. The number of amides is 3. The van der Waals surface area contributed by atoms with E-state index in [-0.39, 0.29) is 5.91 Å². The molecule has 27 heavy (non-hydrogen) atoms. The zero-order valence-electron chi connectivity index (χ0n) is 15.0. The average Bonchev–Trinajstić information content (AvgIpc) is 3.47. The highest BCUT2D eigenvalue weighted by molar-refractivity contribution is 6.01. The summed E-state index contributed by atoms with van der Waals surface area (Å²) in [5, 5.41) is 8.28. The van der Waals surface area contributed by atoms with E-state index in [2.05, 4.69) is 16.0 Å². The van der Waals surface area contributed by atoms with E-state index < -0.39 is 12.0 Å². The Morgan fingerprint density at radius 2 is 1.41 bits per heavy atom. The van der Waals surface area contributed by atoms with E-state index in [1.54, 1.807) is 55.5 Å². The molecule has 140 valence electrons. The second kappa shape index (κ2) is 8.35. The molecule has 2 aromatic carbocycles. The second-order valence-electron chi connectivity index (χ2n) is 6.20. The smallest absolute Gasteiger partial charge is 0.338 e. The normalized spacial score (nSPS) is 12.8. The fraction of sp³-hybridized carbons (Fsp3) is 0.250. The number of anilines is 2. The zero-order valence-corrected chi connectivity index (χ0v) is 15.0. The Labute approximate surface area is 157 Å². The van der Waals surface area contributed by atoms with Gasteiger partial charge in [-0.3, -0.25) is 4.79 Å². The third kappa shape index (κ3) is 5.31. The maximum absolute atomic E-state index is 12.1. The summed E-state index contributed by atoms with van der Waals surface area (Å²) in [5.41, 5.74) is 2.09. The number of hydrogen-bond donors (Lipinski definition) is 3. The van der Waals surface area contributed by atoms with Gasteiger partial charge in [-0.15, -0.1) is 0 Å². The summed E-state index contributed by atoms with van der Waals surface area (Å²) in [7, 11) is 0. The number of ether oxygens (including phenoxy) is 1. The number of rotatable bonds is 6. The third-order valence-corrected chi connectivity index (χ3v) is 3.97. The lowest BCUT2D eigenvalue weighted by Crippen LogP contribution is -2.25. The van der Waals surface area contributed by atoms with Crippen LogP contribution >= 0.6 is 0 Å². The highest BCUT2D eigenvalue weighted by Crippen LogP contribution is 2.20. The van der Waals surface area contributed by atoms with Gasteiger partial charge in [-0.05, 0) is 68.3 Å². The first kappa shape index (κ1) is 18.4. The summed E-state index contributed by atoms with van der Waals surface area (Å²) < 4.78 is 4.91. The van der Waals surface area contributed by atoms with Crippen LogP contribution in [0.25, 0.3) is 0 Å². The summed E-state index contributed by atoms with van der Waals surface area (Å²) in [5.74, 6) is -0.505. The van der Waals surface area contributed by atoms with Crippen molar-refractivity contribution in [1.29, 1.82) is 0 Å². The van der Waals surface area contributed by atoms with Gasteiger partial charge in [-0.1, -0.05) is 0 Å². The fourth-order valence-electron chi connectivity index (χ4n) is 2.40. The van der Waals surface area contributed by atoms with Crippen LogP contribution in [0.5, 0.6) is 0 Å². The number of carbonyl (C=O) groups is 3. The van der Waals surface area contributed by atoms with Crippen LogP contribution in [0, 0.1) is 0 Å². The Balaban J connectivity index is 1.52. The zero-order chi connectivity index (χ0) is 19.2. The Morgan fingerprint density at radius 3 is 1.89 bits per heavy atom. The van der Waals surface area contributed by atoms with Crippen LogP contribution < -0.4 is 16.0 Å². The van der Waals surface area contributed by atoms with Crippen molar-refractivity contribution < 1.29 is 19.1 Å². The summed E-state index contributed by atoms with van der Waals surface area (Å²) in [6, 6.07) is 13.0. The molecule has 0 heterocycles. The molecule has 1 fully saturated rings. The molecule has 7 heteroatoms. The van der Waals surface area contributed by atoms with Gasteiger partial charge >= 0.3 is 12.0 Å². The molecule has 0 aliphatic heterocycles. The quantitative estimate of drug-likeness (QED) is 0.682. The van der Waals surface area contributed by atoms with Crippen molar-refractivity contribution >= 4 is 29.3 Å². The molecule has 3 amide bonds. The van der Waals surface area contributed by atoms with Crippen LogP contribution in [0.4, 0.5) is 16.2 Å². The first-order valence-electron chi connectivity index (χ1n) is 8.81. The molecule has 1 aliphatic carbocycles. The van der Waals surface area contributed by atoms with E-state index in [0.29, 0.717) is 35.2 Å². The Morgan fingerprint density at radius 1 is 0.889 bits per heavy atom. The minimum atomic E-state index is -0.422. The first-order chi connectivity index (χ1) is 13.0. The lowest BCUT2D eigenvalue weighted by molar-refractivity contribution is 0.0526. The van der Waals surface area contributed by atoms with Crippen LogP contribution in [0.3, 0.4) is 0 Å². The van der Waals surface area contributed by atoms with E-state index >= 15 is 0 Å². The van der Waals surface area contributed by atoms with E-state index in [1.165, 1.54) is 0 Å². The number of benzene rings is 2. The van der Waals surface area contributed by atoms with Gasteiger partial charge in [-0.25, -0.2) is 9.59 Å². The average molecular weight is 367 g/mol. The molecule has 1 aliphatic rings.